The molecule has 0 aliphatic carbocycles. The Kier molecular flexibility index (Phi) is 9.33. The molecule has 0 heterocycles. The number of benzene rings is 4. The van der Waals surface area contributed by atoms with Crippen molar-refractivity contribution in [2.24, 2.45) is 0 Å². The fourth-order valence-electron chi connectivity index (χ4n) is 4.15. The first-order valence-electron chi connectivity index (χ1n) is 12.3. The highest BCUT2D eigenvalue weighted by Gasteiger charge is 2.21. The van der Waals surface area contributed by atoms with E-state index in [4.69, 9.17) is 21.1 Å². The summed E-state index contributed by atoms with van der Waals surface area (Å²) in [6.45, 7) is 3.70. The Morgan fingerprint density at radius 1 is 1.00 bits per heavy atom. The molecule has 4 aromatic rings. The second-order valence-corrected chi connectivity index (χ2v) is 10.4. The molecule has 7 heteroatoms. The number of amides is 1. The van der Waals surface area contributed by atoms with Crippen molar-refractivity contribution < 1.29 is 18.7 Å². The van der Waals surface area contributed by atoms with Gasteiger partial charge in [0.1, 0.15) is 11.6 Å². The molecule has 0 radical (unpaired) electrons. The molecule has 0 atom stereocenters. The predicted octanol–water partition coefficient (Wildman–Crippen LogP) is 9.06. The summed E-state index contributed by atoms with van der Waals surface area (Å²) < 4.78 is 26.6. The van der Waals surface area contributed by atoms with Crippen LogP contribution in [0.3, 0.4) is 0 Å². The molecule has 0 saturated carbocycles. The third kappa shape index (κ3) is 6.64. The van der Waals surface area contributed by atoms with Gasteiger partial charge >= 0.3 is 0 Å². The number of carbonyl (C=O) groups is 1. The van der Waals surface area contributed by atoms with E-state index in [0.717, 1.165) is 21.8 Å². The fraction of sp³-hybridized carbons (Fsp3) is 0.156. The van der Waals surface area contributed by atoms with Crippen LogP contribution in [0.4, 0.5) is 15.8 Å². The number of hydrogen-bond donors (Lipinski definition) is 0. The fourth-order valence-corrected chi connectivity index (χ4v) is 5.17. The summed E-state index contributed by atoms with van der Waals surface area (Å²) in [7, 11) is 3.09. The molecule has 0 fully saturated rings. The van der Waals surface area contributed by atoms with E-state index in [9.17, 15) is 4.79 Å². The van der Waals surface area contributed by atoms with Gasteiger partial charge in [-0.1, -0.05) is 48.0 Å². The molecular weight excluding hydrogens is 533 g/mol. The Hall–Kier alpha value is -3.74. The van der Waals surface area contributed by atoms with Crippen LogP contribution in [0.2, 0.25) is 5.02 Å². The third-order valence-corrected chi connectivity index (χ3v) is 7.78. The lowest BCUT2D eigenvalue weighted by Gasteiger charge is -2.24. The molecule has 1 amide bonds. The molecule has 0 aliphatic heterocycles. The maximum Gasteiger partial charge on any atom is 0.218 e. The van der Waals surface area contributed by atoms with Crippen molar-refractivity contribution in [1.29, 1.82) is 0 Å². The van der Waals surface area contributed by atoms with Crippen LogP contribution in [0.15, 0.2) is 89.5 Å². The number of rotatable bonds is 10. The molecule has 0 spiro atoms. The van der Waals surface area contributed by atoms with Gasteiger partial charge in [-0.3, -0.25) is 9.69 Å². The summed E-state index contributed by atoms with van der Waals surface area (Å²) in [6, 6.07) is 24.2. The largest absolute Gasteiger partial charge is 0.501 e. The predicted molar refractivity (Wildman–Crippen MR) is 159 cm³/mol. The van der Waals surface area contributed by atoms with E-state index in [2.05, 4.69) is 12.1 Å². The smallest absolute Gasteiger partial charge is 0.218 e. The van der Waals surface area contributed by atoms with E-state index in [1.807, 2.05) is 62.4 Å². The first-order valence-corrected chi connectivity index (χ1v) is 13.6. The Morgan fingerprint density at radius 3 is 2.44 bits per heavy atom. The molecule has 4 nitrogen and oxygen atoms in total. The normalized spacial score (nSPS) is 11.3. The van der Waals surface area contributed by atoms with Gasteiger partial charge in [0.25, 0.3) is 0 Å². The van der Waals surface area contributed by atoms with Crippen molar-refractivity contribution in [3.63, 3.8) is 0 Å². The Labute approximate surface area is 238 Å². The summed E-state index contributed by atoms with van der Waals surface area (Å²) in [5.41, 5.74) is 4.66. The summed E-state index contributed by atoms with van der Waals surface area (Å²) in [5, 5.41) is 0.604. The number of carbonyl (C=O) groups excluding carboxylic acids is 1. The SMILES string of the molecule is CO/C(C)=C/c1cc(SCc2ccccc2)ccc1N(C=O)c1cc(F)c(-c2ccc(Cl)c(C)c2)cc1OC. The van der Waals surface area contributed by atoms with Crippen LogP contribution in [-0.2, 0) is 15.3 Å². The highest BCUT2D eigenvalue weighted by molar-refractivity contribution is 7.98. The number of ether oxygens (including phenoxy) is 2. The number of nitrogens with zero attached hydrogens (tertiary/aromatic N) is 1. The van der Waals surface area contributed by atoms with Crippen molar-refractivity contribution >= 4 is 47.2 Å². The van der Waals surface area contributed by atoms with Gasteiger partial charge in [0.2, 0.25) is 6.41 Å². The average Bonchev–Trinajstić information content (AvgIpc) is 2.95. The van der Waals surface area contributed by atoms with Crippen LogP contribution in [0.1, 0.15) is 23.6 Å². The maximum atomic E-state index is 15.5. The minimum Gasteiger partial charge on any atom is -0.501 e. The second kappa shape index (κ2) is 12.9. The van der Waals surface area contributed by atoms with Crippen molar-refractivity contribution in [1.82, 2.24) is 0 Å². The van der Waals surface area contributed by atoms with Gasteiger partial charge in [-0.05, 0) is 73.0 Å². The van der Waals surface area contributed by atoms with Crippen LogP contribution in [0.25, 0.3) is 17.2 Å². The van der Waals surface area contributed by atoms with Crippen LogP contribution >= 0.6 is 23.4 Å². The number of hydrogen-bond acceptors (Lipinski definition) is 4. The quantitative estimate of drug-likeness (QED) is 0.110. The van der Waals surface area contributed by atoms with Crippen molar-refractivity contribution in [3.8, 4) is 16.9 Å². The first-order chi connectivity index (χ1) is 18.8. The molecule has 0 bridgehead atoms. The van der Waals surface area contributed by atoms with Crippen molar-refractivity contribution in [2.75, 3.05) is 19.1 Å². The molecule has 0 aromatic heterocycles. The van der Waals surface area contributed by atoms with E-state index in [-0.39, 0.29) is 5.69 Å². The molecule has 39 heavy (non-hydrogen) atoms. The molecule has 0 saturated heterocycles. The van der Waals surface area contributed by atoms with E-state index < -0.39 is 5.82 Å². The minimum absolute atomic E-state index is 0.286. The highest BCUT2D eigenvalue weighted by atomic mass is 35.5. The van der Waals surface area contributed by atoms with E-state index >= 15 is 4.39 Å². The Morgan fingerprint density at radius 2 is 1.77 bits per heavy atom. The third-order valence-electron chi connectivity index (χ3n) is 6.29. The summed E-state index contributed by atoms with van der Waals surface area (Å²) in [4.78, 5) is 14.9. The monoisotopic (exact) mass is 561 g/mol. The molecule has 200 valence electrons. The van der Waals surface area contributed by atoms with Gasteiger partial charge < -0.3 is 9.47 Å². The molecule has 0 aliphatic rings. The van der Waals surface area contributed by atoms with E-state index in [0.29, 0.717) is 39.8 Å². The lowest BCUT2D eigenvalue weighted by molar-refractivity contribution is -0.106. The molecule has 4 rings (SSSR count). The standard InChI is InChI=1S/C32H29ClFNO3S/c1-21-14-24(10-12-28(21)33)27-17-32(38-4)31(18-29(27)34)35(20-36)30-13-11-26(16-25(30)15-22(2)37-3)39-19-23-8-6-5-7-9-23/h5-18,20H,19H2,1-4H3/b22-15+. The maximum absolute atomic E-state index is 15.5. The van der Waals surface area contributed by atoms with Crippen molar-refractivity contribution in [3.05, 3.63) is 112 Å². The average molecular weight is 562 g/mol. The number of halogens is 2. The number of anilines is 2. The van der Waals surface area contributed by atoms with Crippen LogP contribution < -0.4 is 9.64 Å². The Balaban J connectivity index is 1.76. The number of thioether (sulfide) groups is 1. The highest BCUT2D eigenvalue weighted by Crippen LogP contribution is 2.41. The van der Waals surface area contributed by atoms with Gasteiger partial charge in [0, 0.05) is 32.9 Å². The zero-order chi connectivity index (χ0) is 27.9. The van der Waals surface area contributed by atoms with E-state index in [1.165, 1.54) is 23.6 Å². The number of methoxy groups -OCH3 is 2. The number of aryl methyl sites for hydroxylation is 1. The van der Waals surface area contributed by atoms with Gasteiger partial charge in [-0.2, -0.15) is 0 Å². The molecule has 0 N–H and O–H groups in total. The summed E-state index contributed by atoms with van der Waals surface area (Å²) in [5.74, 6) is 1.33. The zero-order valence-corrected chi connectivity index (χ0v) is 23.8. The van der Waals surface area contributed by atoms with Crippen LogP contribution in [0, 0.1) is 12.7 Å². The van der Waals surface area contributed by atoms with Gasteiger partial charge in [0.15, 0.2) is 0 Å². The number of allylic oxidation sites excluding steroid dienone is 1. The van der Waals surface area contributed by atoms with Gasteiger partial charge in [-0.15, -0.1) is 11.8 Å². The topological polar surface area (TPSA) is 38.8 Å². The van der Waals surface area contributed by atoms with Crippen LogP contribution in [-0.4, -0.2) is 20.6 Å². The van der Waals surface area contributed by atoms with Crippen molar-refractivity contribution in [2.45, 2.75) is 24.5 Å². The van der Waals surface area contributed by atoms with Crippen LogP contribution in [0.5, 0.6) is 5.75 Å². The van der Waals surface area contributed by atoms with Gasteiger partial charge in [-0.25, -0.2) is 4.39 Å². The zero-order valence-electron chi connectivity index (χ0n) is 22.2. The molecule has 4 aromatic carbocycles. The summed E-state index contributed by atoms with van der Waals surface area (Å²) >= 11 is 7.85. The Bertz CT molecular complexity index is 1510. The molecule has 0 unspecified atom stereocenters. The van der Waals surface area contributed by atoms with E-state index in [1.54, 1.807) is 37.1 Å². The second-order valence-electron chi connectivity index (χ2n) is 8.90. The lowest BCUT2D eigenvalue weighted by atomic mass is 10.0. The minimum atomic E-state index is -0.487. The van der Waals surface area contributed by atoms with Gasteiger partial charge in [0.05, 0.1) is 31.4 Å². The summed E-state index contributed by atoms with van der Waals surface area (Å²) in [6.07, 6.45) is 2.51. The first kappa shape index (κ1) is 28.3. The molecular formula is C32H29ClFNO3S. The lowest BCUT2D eigenvalue weighted by Crippen LogP contribution is -2.17.